The van der Waals surface area contributed by atoms with Gasteiger partial charge in [0.25, 0.3) is 0 Å². The van der Waals surface area contributed by atoms with Crippen molar-refractivity contribution in [3.63, 3.8) is 0 Å². The van der Waals surface area contributed by atoms with E-state index in [1.165, 1.54) is 0 Å². The van der Waals surface area contributed by atoms with Crippen LogP contribution in [0.4, 0.5) is 0 Å². The minimum absolute atomic E-state index is 0.165. The molecule has 3 N–H and O–H groups in total. The van der Waals surface area contributed by atoms with Gasteiger partial charge in [-0.2, -0.15) is 0 Å². The van der Waals surface area contributed by atoms with E-state index >= 15 is 0 Å². The molecule has 2 unspecified atom stereocenters. The Morgan fingerprint density at radius 3 is 2.25 bits per heavy atom. The average molecular weight is 175 g/mol. The highest BCUT2D eigenvalue weighted by atomic mass is 16.3. The molecule has 0 aromatic heterocycles. The van der Waals surface area contributed by atoms with Crippen molar-refractivity contribution in [1.29, 1.82) is 0 Å². The molecule has 0 heterocycles. The van der Waals surface area contributed by atoms with Gasteiger partial charge in [0.05, 0.1) is 12.7 Å². The maximum absolute atomic E-state index is 9.07. The molecular weight excluding hydrogens is 154 g/mol. The van der Waals surface area contributed by atoms with Crippen LogP contribution in [0.2, 0.25) is 0 Å². The van der Waals surface area contributed by atoms with Gasteiger partial charge < -0.3 is 15.5 Å². The summed E-state index contributed by atoms with van der Waals surface area (Å²) in [7, 11) is 0. The Bertz CT molecular complexity index is 107. The number of aliphatic hydroxyl groups excluding tert-OH is 2. The highest BCUT2D eigenvalue weighted by molar-refractivity contribution is 4.70. The van der Waals surface area contributed by atoms with Crippen molar-refractivity contribution in [3.8, 4) is 0 Å². The molecule has 0 spiro atoms. The SMILES string of the molecule is CCC(NCC(O)CO)C(C)C. The second-order valence-electron chi connectivity index (χ2n) is 3.50. The first-order chi connectivity index (χ1) is 5.61. The molecule has 12 heavy (non-hydrogen) atoms. The lowest BCUT2D eigenvalue weighted by atomic mass is 10.0. The normalized spacial score (nSPS) is 16.5. The Hall–Kier alpha value is -0.120. The lowest BCUT2D eigenvalue weighted by Gasteiger charge is -2.21. The van der Waals surface area contributed by atoms with Gasteiger partial charge in [0.15, 0.2) is 0 Å². The molecule has 0 fully saturated rings. The number of aliphatic hydroxyl groups is 2. The van der Waals surface area contributed by atoms with Crippen molar-refractivity contribution in [2.24, 2.45) is 5.92 Å². The van der Waals surface area contributed by atoms with Crippen LogP contribution < -0.4 is 5.32 Å². The van der Waals surface area contributed by atoms with E-state index < -0.39 is 6.10 Å². The maximum atomic E-state index is 9.07. The van der Waals surface area contributed by atoms with E-state index in [9.17, 15) is 0 Å². The van der Waals surface area contributed by atoms with Crippen molar-refractivity contribution in [2.75, 3.05) is 13.2 Å². The van der Waals surface area contributed by atoms with Crippen LogP contribution in [0.25, 0.3) is 0 Å². The third kappa shape index (κ3) is 4.70. The number of nitrogens with one attached hydrogen (secondary N) is 1. The minimum atomic E-state index is -0.627. The maximum Gasteiger partial charge on any atom is 0.0895 e. The second-order valence-corrected chi connectivity index (χ2v) is 3.50. The van der Waals surface area contributed by atoms with Gasteiger partial charge in [-0.15, -0.1) is 0 Å². The van der Waals surface area contributed by atoms with Gasteiger partial charge in [0.2, 0.25) is 0 Å². The Labute approximate surface area is 74.8 Å². The predicted molar refractivity (Wildman–Crippen MR) is 50.0 cm³/mol. The van der Waals surface area contributed by atoms with Crippen molar-refractivity contribution < 1.29 is 10.2 Å². The Balaban J connectivity index is 3.58. The van der Waals surface area contributed by atoms with Gasteiger partial charge in [-0.3, -0.25) is 0 Å². The highest BCUT2D eigenvalue weighted by Gasteiger charge is 2.11. The smallest absolute Gasteiger partial charge is 0.0895 e. The Morgan fingerprint density at radius 1 is 1.33 bits per heavy atom. The molecular formula is C9H21NO2. The highest BCUT2D eigenvalue weighted by Crippen LogP contribution is 2.04. The van der Waals surface area contributed by atoms with Crippen LogP contribution in [0.5, 0.6) is 0 Å². The fourth-order valence-electron chi connectivity index (χ4n) is 1.20. The zero-order chi connectivity index (χ0) is 9.56. The summed E-state index contributed by atoms with van der Waals surface area (Å²) in [6.45, 7) is 6.72. The second kappa shape index (κ2) is 6.40. The fraction of sp³-hybridized carbons (Fsp3) is 1.00. The molecule has 0 aliphatic heterocycles. The third-order valence-corrected chi connectivity index (χ3v) is 2.07. The van der Waals surface area contributed by atoms with Gasteiger partial charge in [0, 0.05) is 12.6 Å². The van der Waals surface area contributed by atoms with Gasteiger partial charge >= 0.3 is 0 Å². The van der Waals surface area contributed by atoms with Crippen LogP contribution in [0.1, 0.15) is 27.2 Å². The average Bonchev–Trinajstić information content (AvgIpc) is 2.04. The van der Waals surface area contributed by atoms with Crippen molar-refractivity contribution in [1.82, 2.24) is 5.32 Å². The summed E-state index contributed by atoms with van der Waals surface area (Å²) >= 11 is 0. The predicted octanol–water partition coefficient (Wildman–Crippen LogP) is 0.364. The van der Waals surface area contributed by atoms with Crippen LogP contribution >= 0.6 is 0 Å². The molecule has 0 aromatic rings. The van der Waals surface area contributed by atoms with Gasteiger partial charge in [-0.05, 0) is 12.3 Å². The quantitative estimate of drug-likeness (QED) is 0.546. The van der Waals surface area contributed by atoms with Crippen LogP contribution in [-0.2, 0) is 0 Å². The summed E-state index contributed by atoms with van der Waals surface area (Å²) < 4.78 is 0. The molecule has 0 aromatic carbocycles. The number of hydrogen-bond acceptors (Lipinski definition) is 3. The first-order valence-electron chi connectivity index (χ1n) is 4.64. The Morgan fingerprint density at radius 2 is 1.92 bits per heavy atom. The Kier molecular flexibility index (Phi) is 6.34. The zero-order valence-corrected chi connectivity index (χ0v) is 8.25. The third-order valence-electron chi connectivity index (χ3n) is 2.07. The molecule has 0 bridgehead atoms. The molecule has 0 radical (unpaired) electrons. The van der Waals surface area contributed by atoms with E-state index in [-0.39, 0.29) is 6.61 Å². The summed E-state index contributed by atoms with van der Waals surface area (Å²) in [6, 6.07) is 0.436. The molecule has 3 heteroatoms. The molecule has 0 aliphatic carbocycles. The standard InChI is InChI=1S/C9H21NO2/c1-4-9(7(2)3)10-5-8(12)6-11/h7-12H,4-6H2,1-3H3. The van der Waals surface area contributed by atoms with Gasteiger partial charge in [-0.1, -0.05) is 20.8 Å². The van der Waals surface area contributed by atoms with E-state index in [4.69, 9.17) is 10.2 Å². The monoisotopic (exact) mass is 175 g/mol. The number of rotatable bonds is 6. The minimum Gasteiger partial charge on any atom is -0.394 e. The van der Waals surface area contributed by atoms with Crippen molar-refractivity contribution in [2.45, 2.75) is 39.3 Å². The van der Waals surface area contributed by atoms with E-state index in [0.29, 0.717) is 18.5 Å². The summed E-state index contributed by atoms with van der Waals surface area (Å²) in [5, 5.41) is 20.9. The van der Waals surface area contributed by atoms with E-state index in [0.717, 1.165) is 6.42 Å². The van der Waals surface area contributed by atoms with Gasteiger partial charge in [0.1, 0.15) is 0 Å². The number of hydrogen-bond donors (Lipinski definition) is 3. The first kappa shape index (κ1) is 11.9. The summed E-state index contributed by atoms with van der Waals surface area (Å²) in [4.78, 5) is 0. The fourth-order valence-corrected chi connectivity index (χ4v) is 1.20. The van der Waals surface area contributed by atoms with Crippen LogP contribution in [0, 0.1) is 5.92 Å². The van der Waals surface area contributed by atoms with E-state index in [1.807, 2.05) is 0 Å². The summed E-state index contributed by atoms with van der Waals surface area (Å²) in [5.74, 6) is 0.570. The van der Waals surface area contributed by atoms with Gasteiger partial charge in [-0.25, -0.2) is 0 Å². The topological polar surface area (TPSA) is 52.5 Å². The molecule has 0 aliphatic rings. The van der Waals surface area contributed by atoms with Crippen LogP contribution in [0.3, 0.4) is 0 Å². The van der Waals surface area contributed by atoms with Crippen LogP contribution in [0.15, 0.2) is 0 Å². The molecule has 2 atom stereocenters. The molecule has 0 amide bonds. The van der Waals surface area contributed by atoms with Crippen molar-refractivity contribution >= 4 is 0 Å². The lowest BCUT2D eigenvalue weighted by Crippen LogP contribution is -2.39. The van der Waals surface area contributed by atoms with E-state index in [1.54, 1.807) is 0 Å². The molecule has 0 saturated carbocycles. The molecule has 3 nitrogen and oxygen atoms in total. The van der Waals surface area contributed by atoms with E-state index in [2.05, 4.69) is 26.1 Å². The molecule has 0 saturated heterocycles. The largest absolute Gasteiger partial charge is 0.394 e. The zero-order valence-electron chi connectivity index (χ0n) is 8.25. The van der Waals surface area contributed by atoms with Crippen molar-refractivity contribution in [3.05, 3.63) is 0 Å². The summed E-state index contributed by atoms with van der Waals surface area (Å²) in [6.07, 6.45) is 0.424. The molecule has 0 rings (SSSR count). The van der Waals surface area contributed by atoms with Crippen LogP contribution in [-0.4, -0.2) is 35.5 Å². The lowest BCUT2D eigenvalue weighted by molar-refractivity contribution is 0.0899. The first-order valence-corrected chi connectivity index (χ1v) is 4.64. The summed E-state index contributed by atoms with van der Waals surface area (Å²) in [5.41, 5.74) is 0. The molecule has 74 valence electrons.